The first-order valence-corrected chi connectivity index (χ1v) is 12.0. The molecule has 1 N–H and O–H groups in total. The molecule has 2 aliphatic rings. The van der Waals surface area contributed by atoms with Crippen molar-refractivity contribution in [3.63, 3.8) is 0 Å². The van der Waals surface area contributed by atoms with Crippen LogP contribution in [0.3, 0.4) is 0 Å². The number of carbonyl (C=O) groups is 2. The van der Waals surface area contributed by atoms with Crippen LogP contribution in [0.15, 0.2) is 52.9 Å². The number of nitrogens with one attached hydrogen (secondary N) is 1. The molecule has 5 rings (SSSR count). The highest BCUT2D eigenvalue weighted by Crippen LogP contribution is 2.35. The van der Waals surface area contributed by atoms with Gasteiger partial charge in [-0.1, -0.05) is 11.6 Å². The van der Waals surface area contributed by atoms with Gasteiger partial charge in [0.2, 0.25) is 0 Å². The summed E-state index contributed by atoms with van der Waals surface area (Å²) in [5.41, 5.74) is 2.47. The minimum Gasteiger partial charge on any atom is -0.457 e. The van der Waals surface area contributed by atoms with E-state index in [2.05, 4.69) is 10.2 Å². The number of hydrogen-bond donors (Lipinski definition) is 1. The van der Waals surface area contributed by atoms with Crippen molar-refractivity contribution < 1.29 is 18.4 Å². The fourth-order valence-electron chi connectivity index (χ4n) is 4.48. The van der Waals surface area contributed by atoms with Crippen LogP contribution in [0.5, 0.6) is 0 Å². The van der Waals surface area contributed by atoms with Gasteiger partial charge in [-0.15, -0.1) is 0 Å². The summed E-state index contributed by atoms with van der Waals surface area (Å²) in [7, 11) is 1.78. The van der Waals surface area contributed by atoms with Gasteiger partial charge in [-0.05, 0) is 80.5 Å². The summed E-state index contributed by atoms with van der Waals surface area (Å²) in [6, 6.07) is 12.8. The molecule has 8 heteroatoms. The Labute approximate surface area is 208 Å². The number of nitrogens with zero attached hydrogens (tertiary/aromatic N) is 2. The number of anilines is 1. The van der Waals surface area contributed by atoms with Gasteiger partial charge in [-0.2, -0.15) is 0 Å². The topological polar surface area (TPSA) is 65.8 Å². The number of likely N-dealkylation sites (N-methyl/N-ethyl adjacent to an activating group) is 1. The summed E-state index contributed by atoms with van der Waals surface area (Å²) >= 11 is 6.37. The third-order valence-electron chi connectivity index (χ3n) is 6.46. The average molecular weight is 494 g/mol. The molecule has 3 heterocycles. The molecule has 6 nitrogen and oxygen atoms in total. The van der Waals surface area contributed by atoms with Crippen molar-refractivity contribution in [3.05, 3.63) is 76.3 Å². The van der Waals surface area contributed by atoms with E-state index in [9.17, 15) is 14.0 Å². The van der Waals surface area contributed by atoms with Crippen molar-refractivity contribution in [2.45, 2.75) is 12.8 Å². The van der Waals surface area contributed by atoms with Gasteiger partial charge >= 0.3 is 0 Å². The highest BCUT2D eigenvalue weighted by atomic mass is 35.5. The Hall–Kier alpha value is -3.42. The third kappa shape index (κ3) is 4.88. The van der Waals surface area contributed by atoms with Crippen molar-refractivity contribution in [1.82, 2.24) is 9.80 Å². The van der Waals surface area contributed by atoms with Gasteiger partial charge in [0, 0.05) is 37.0 Å². The monoisotopic (exact) mass is 493 g/mol. The predicted molar refractivity (Wildman–Crippen MR) is 135 cm³/mol. The zero-order valence-electron chi connectivity index (χ0n) is 19.3. The Morgan fingerprint density at radius 1 is 1.17 bits per heavy atom. The maximum absolute atomic E-state index is 13.7. The van der Waals surface area contributed by atoms with Crippen molar-refractivity contribution >= 4 is 40.8 Å². The number of carbonyl (C=O) groups excluding carboxylic acids is 2. The van der Waals surface area contributed by atoms with Crippen LogP contribution in [0.25, 0.3) is 23.0 Å². The maximum atomic E-state index is 13.7. The molecule has 1 aromatic heterocycles. The molecule has 0 aliphatic carbocycles. The first-order chi connectivity index (χ1) is 16.9. The molecule has 0 bridgehead atoms. The van der Waals surface area contributed by atoms with Crippen LogP contribution >= 0.6 is 11.6 Å². The van der Waals surface area contributed by atoms with E-state index in [1.807, 2.05) is 0 Å². The van der Waals surface area contributed by atoms with Gasteiger partial charge in [-0.25, -0.2) is 4.39 Å². The summed E-state index contributed by atoms with van der Waals surface area (Å²) in [5, 5.41) is 3.10. The van der Waals surface area contributed by atoms with E-state index < -0.39 is 5.82 Å². The molecular formula is C27H25ClFN3O3. The van der Waals surface area contributed by atoms with E-state index in [1.165, 1.54) is 31.0 Å². The molecule has 0 atom stereocenters. The summed E-state index contributed by atoms with van der Waals surface area (Å²) < 4.78 is 19.7. The molecule has 2 aliphatic heterocycles. The zero-order valence-corrected chi connectivity index (χ0v) is 20.1. The summed E-state index contributed by atoms with van der Waals surface area (Å²) in [4.78, 5) is 29.5. The minimum atomic E-state index is -0.421. The number of benzene rings is 2. The van der Waals surface area contributed by atoms with Crippen molar-refractivity contribution in [2.75, 3.05) is 38.5 Å². The lowest BCUT2D eigenvalue weighted by Crippen LogP contribution is -2.35. The van der Waals surface area contributed by atoms with Gasteiger partial charge in [-0.3, -0.25) is 9.59 Å². The number of halogens is 2. The Morgan fingerprint density at radius 2 is 1.97 bits per heavy atom. The van der Waals surface area contributed by atoms with Crippen LogP contribution in [0.4, 0.5) is 10.1 Å². The van der Waals surface area contributed by atoms with Crippen LogP contribution in [0, 0.1) is 5.82 Å². The number of furan rings is 1. The SMILES string of the molecule is CN(CCN1CCCC1)C(=O)c1cc(-c2ccc(/C=C3/C(=O)Nc4ccc(F)cc43)o2)ccc1Cl. The van der Waals surface area contributed by atoms with E-state index in [-0.39, 0.29) is 11.8 Å². The lowest BCUT2D eigenvalue weighted by atomic mass is 10.1. The molecular weight excluding hydrogens is 469 g/mol. The van der Waals surface area contributed by atoms with Crippen molar-refractivity contribution in [2.24, 2.45) is 0 Å². The van der Waals surface area contributed by atoms with Crippen LogP contribution < -0.4 is 5.32 Å². The Morgan fingerprint density at radius 3 is 2.77 bits per heavy atom. The second kappa shape index (κ2) is 9.68. The first-order valence-electron chi connectivity index (χ1n) is 11.6. The van der Waals surface area contributed by atoms with E-state index >= 15 is 0 Å². The second-order valence-corrected chi connectivity index (χ2v) is 9.28. The fraction of sp³-hybridized carbons (Fsp3) is 0.259. The predicted octanol–water partition coefficient (Wildman–Crippen LogP) is 5.40. The van der Waals surface area contributed by atoms with Crippen LogP contribution in [0.2, 0.25) is 5.02 Å². The van der Waals surface area contributed by atoms with Crippen LogP contribution in [-0.4, -0.2) is 54.8 Å². The maximum Gasteiger partial charge on any atom is 0.256 e. The Bertz CT molecular complexity index is 1330. The first kappa shape index (κ1) is 23.3. The normalized spacial score (nSPS) is 16.5. The summed E-state index contributed by atoms with van der Waals surface area (Å²) in [6.45, 7) is 3.63. The Balaban J connectivity index is 1.36. The number of likely N-dealkylation sites (tertiary alicyclic amines) is 1. The molecule has 3 aromatic rings. The van der Waals surface area contributed by atoms with Gasteiger partial charge < -0.3 is 19.5 Å². The van der Waals surface area contributed by atoms with Gasteiger partial charge in [0.05, 0.1) is 16.2 Å². The number of fused-ring (bicyclic) bond motifs is 1. The molecule has 35 heavy (non-hydrogen) atoms. The lowest BCUT2D eigenvalue weighted by molar-refractivity contribution is -0.110. The second-order valence-electron chi connectivity index (χ2n) is 8.87. The average Bonchev–Trinajstić information content (AvgIpc) is 3.59. The molecule has 0 saturated carbocycles. The molecule has 2 amide bonds. The van der Waals surface area contributed by atoms with Crippen LogP contribution in [0.1, 0.15) is 34.5 Å². The molecule has 0 radical (unpaired) electrons. The van der Waals surface area contributed by atoms with Gasteiger partial charge in [0.1, 0.15) is 17.3 Å². The fourth-order valence-corrected chi connectivity index (χ4v) is 4.68. The standard InChI is InChI=1S/C27H25ClFN3O3/c1-31(12-13-32-10-2-3-11-32)27(34)22-14-17(4-7-23(22)28)25-9-6-19(35-25)16-21-20-15-18(29)5-8-24(20)30-26(21)33/h4-9,14-16H,2-3,10-13H2,1H3,(H,30,33)/b21-16+. The molecule has 180 valence electrons. The highest BCUT2D eigenvalue weighted by Gasteiger charge is 2.25. The van der Waals surface area contributed by atoms with E-state index in [1.54, 1.807) is 48.4 Å². The molecule has 0 spiro atoms. The Kier molecular flexibility index (Phi) is 6.45. The van der Waals surface area contributed by atoms with Gasteiger partial charge in [0.25, 0.3) is 11.8 Å². The number of amides is 2. The van der Waals surface area contributed by atoms with Gasteiger partial charge in [0.15, 0.2) is 0 Å². The van der Waals surface area contributed by atoms with E-state index in [4.69, 9.17) is 16.0 Å². The van der Waals surface area contributed by atoms with Crippen molar-refractivity contribution in [3.8, 4) is 11.3 Å². The van der Waals surface area contributed by atoms with E-state index in [0.717, 1.165) is 19.6 Å². The molecule has 1 fully saturated rings. The summed E-state index contributed by atoms with van der Waals surface area (Å²) in [6.07, 6.45) is 4.00. The lowest BCUT2D eigenvalue weighted by Gasteiger charge is -2.22. The van der Waals surface area contributed by atoms with Crippen LogP contribution in [-0.2, 0) is 4.79 Å². The minimum absolute atomic E-state index is 0.147. The largest absolute Gasteiger partial charge is 0.457 e. The van der Waals surface area contributed by atoms with E-state index in [0.29, 0.717) is 51.0 Å². The quantitative estimate of drug-likeness (QED) is 0.467. The molecule has 1 saturated heterocycles. The smallest absolute Gasteiger partial charge is 0.256 e. The molecule has 2 aromatic carbocycles. The van der Waals surface area contributed by atoms with Crippen molar-refractivity contribution in [1.29, 1.82) is 0 Å². The number of rotatable bonds is 6. The zero-order chi connectivity index (χ0) is 24.5. The third-order valence-corrected chi connectivity index (χ3v) is 6.79. The molecule has 0 unspecified atom stereocenters. The summed E-state index contributed by atoms with van der Waals surface area (Å²) in [5.74, 6) is 0.0779. The highest BCUT2D eigenvalue weighted by molar-refractivity contribution is 6.35. The number of hydrogen-bond acceptors (Lipinski definition) is 4.